The van der Waals surface area contributed by atoms with Gasteiger partial charge < -0.3 is 14.9 Å². The first-order chi connectivity index (χ1) is 9.73. The number of carboxylic acid groups (broad SMARTS) is 1. The third kappa shape index (κ3) is 2.96. The van der Waals surface area contributed by atoms with Gasteiger partial charge in [0.1, 0.15) is 12.1 Å². The smallest absolute Gasteiger partial charge is 0.471 e. The lowest BCUT2D eigenvalue weighted by Gasteiger charge is -2.30. The Balaban J connectivity index is 2.14. The average Bonchev–Trinajstić information content (AvgIpc) is 3.04. The monoisotopic (exact) mass is 308 g/mol. The van der Waals surface area contributed by atoms with E-state index >= 15 is 0 Å². The Morgan fingerprint density at radius 2 is 1.48 bits per heavy atom. The topological polar surface area (TPSA) is 77.9 Å². The van der Waals surface area contributed by atoms with Crippen LogP contribution in [0.5, 0.6) is 0 Å². The van der Waals surface area contributed by atoms with Gasteiger partial charge in [-0.3, -0.25) is 9.59 Å². The Bertz CT molecular complexity index is 466. The molecule has 2 atom stereocenters. The highest BCUT2D eigenvalue weighted by atomic mass is 19.4. The van der Waals surface area contributed by atoms with Crippen LogP contribution in [0.1, 0.15) is 25.7 Å². The zero-order valence-electron chi connectivity index (χ0n) is 11.1. The standard InChI is InChI=1S/C12H15F3N2O4/c13-12(14,15)11(21)17-6-1-3-7(17)9(18)16-5-2-4-8(16)10(19)20/h7-8H,1-6H2,(H,19,20)/t7-,8-/m0/s1. The van der Waals surface area contributed by atoms with Crippen molar-refractivity contribution in [3.63, 3.8) is 0 Å². The molecule has 9 heteroatoms. The number of likely N-dealkylation sites (tertiary alicyclic amines) is 2. The molecule has 0 aromatic carbocycles. The van der Waals surface area contributed by atoms with Gasteiger partial charge in [-0.25, -0.2) is 4.79 Å². The lowest BCUT2D eigenvalue weighted by Crippen LogP contribution is -2.53. The highest BCUT2D eigenvalue weighted by Crippen LogP contribution is 2.28. The van der Waals surface area contributed by atoms with Crippen LogP contribution >= 0.6 is 0 Å². The Morgan fingerprint density at radius 1 is 0.952 bits per heavy atom. The summed E-state index contributed by atoms with van der Waals surface area (Å²) in [7, 11) is 0. The molecule has 0 radical (unpaired) electrons. The molecule has 2 rings (SSSR count). The number of hydrogen-bond donors (Lipinski definition) is 1. The normalized spacial score (nSPS) is 26.2. The average molecular weight is 308 g/mol. The van der Waals surface area contributed by atoms with E-state index in [0.29, 0.717) is 17.7 Å². The van der Waals surface area contributed by atoms with Crippen molar-refractivity contribution in [2.45, 2.75) is 43.9 Å². The number of carbonyl (C=O) groups is 3. The number of alkyl halides is 3. The number of carbonyl (C=O) groups excluding carboxylic acids is 2. The molecule has 1 N–H and O–H groups in total. The molecular weight excluding hydrogens is 293 g/mol. The SMILES string of the molecule is O=C(O)[C@@H]1CCCN1C(=O)[C@@H]1CCCN1C(=O)C(F)(F)F. The van der Waals surface area contributed by atoms with Crippen molar-refractivity contribution in [3.05, 3.63) is 0 Å². The summed E-state index contributed by atoms with van der Waals surface area (Å²) in [6, 6.07) is -2.22. The van der Waals surface area contributed by atoms with E-state index in [1.807, 2.05) is 0 Å². The molecule has 6 nitrogen and oxygen atoms in total. The number of aliphatic carboxylic acids is 1. The molecular formula is C12H15F3N2O4. The highest BCUT2D eigenvalue weighted by Gasteiger charge is 2.49. The zero-order valence-corrected chi connectivity index (χ0v) is 11.1. The summed E-state index contributed by atoms with van der Waals surface area (Å²) >= 11 is 0. The van der Waals surface area contributed by atoms with Crippen molar-refractivity contribution < 1.29 is 32.7 Å². The number of rotatable bonds is 2. The summed E-state index contributed by atoms with van der Waals surface area (Å²) < 4.78 is 37.5. The van der Waals surface area contributed by atoms with Gasteiger partial charge >= 0.3 is 18.1 Å². The number of nitrogens with zero attached hydrogens (tertiary/aromatic N) is 2. The second kappa shape index (κ2) is 5.53. The van der Waals surface area contributed by atoms with Crippen LogP contribution in [0, 0.1) is 0 Å². The van der Waals surface area contributed by atoms with E-state index in [9.17, 15) is 27.6 Å². The molecule has 0 aromatic rings. The maximum absolute atomic E-state index is 12.5. The van der Waals surface area contributed by atoms with E-state index in [1.165, 1.54) is 0 Å². The van der Waals surface area contributed by atoms with Crippen LogP contribution in [0.2, 0.25) is 0 Å². The Hall–Kier alpha value is -1.80. The minimum Gasteiger partial charge on any atom is -0.480 e. The maximum atomic E-state index is 12.5. The summed E-state index contributed by atoms with van der Waals surface area (Å²) in [5, 5.41) is 9.03. The first kappa shape index (κ1) is 15.6. The lowest BCUT2D eigenvalue weighted by atomic mass is 10.1. The molecule has 2 aliphatic heterocycles. The first-order valence-electron chi connectivity index (χ1n) is 6.64. The van der Waals surface area contributed by atoms with Crippen LogP contribution in [0.15, 0.2) is 0 Å². The van der Waals surface area contributed by atoms with Gasteiger partial charge in [0.05, 0.1) is 0 Å². The van der Waals surface area contributed by atoms with Crippen LogP contribution in [0.25, 0.3) is 0 Å². The quantitative estimate of drug-likeness (QED) is 0.811. The Morgan fingerprint density at radius 3 is 2.00 bits per heavy atom. The van der Waals surface area contributed by atoms with Gasteiger partial charge in [0.25, 0.3) is 0 Å². The predicted octanol–water partition coefficient (Wildman–Crippen LogP) is 0.615. The van der Waals surface area contributed by atoms with Crippen molar-refractivity contribution in [1.82, 2.24) is 9.80 Å². The fraction of sp³-hybridized carbons (Fsp3) is 0.750. The largest absolute Gasteiger partial charge is 0.480 e. The second-order valence-corrected chi connectivity index (χ2v) is 5.18. The van der Waals surface area contributed by atoms with Gasteiger partial charge in [0, 0.05) is 13.1 Å². The molecule has 0 aromatic heterocycles. The van der Waals surface area contributed by atoms with Gasteiger partial charge in [0.2, 0.25) is 5.91 Å². The fourth-order valence-electron chi connectivity index (χ4n) is 2.91. The Labute approximate surface area is 118 Å². The van der Waals surface area contributed by atoms with Crippen LogP contribution < -0.4 is 0 Å². The van der Waals surface area contributed by atoms with Gasteiger partial charge in [-0.2, -0.15) is 13.2 Å². The maximum Gasteiger partial charge on any atom is 0.471 e. The summed E-state index contributed by atoms with van der Waals surface area (Å²) in [4.78, 5) is 36.3. The molecule has 2 amide bonds. The third-order valence-electron chi connectivity index (χ3n) is 3.86. The summed E-state index contributed by atoms with van der Waals surface area (Å²) in [6.07, 6.45) is -3.84. The predicted molar refractivity (Wildman–Crippen MR) is 63.2 cm³/mol. The molecule has 2 saturated heterocycles. The molecule has 0 saturated carbocycles. The molecule has 2 fully saturated rings. The van der Waals surface area contributed by atoms with E-state index in [1.54, 1.807) is 0 Å². The van der Waals surface area contributed by atoms with E-state index in [2.05, 4.69) is 0 Å². The first-order valence-corrected chi connectivity index (χ1v) is 6.64. The third-order valence-corrected chi connectivity index (χ3v) is 3.86. The van der Waals surface area contributed by atoms with Crippen molar-refractivity contribution in [1.29, 1.82) is 0 Å². The number of amides is 2. The number of halogens is 3. The fourth-order valence-corrected chi connectivity index (χ4v) is 2.91. The van der Waals surface area contributed by atoms with Gasteiger partial charge in [-0.15, -0.1) is 0 Å². The highest BCUT2D eigenvalue weighted by molar-refractivity contribution is 5.92. The number of carboxylic acids is 1. The number of hydrogen-bond acceptors (Lipinski definition) is 3. The minimum atomic E-state index is -5.03. The van der Waals surface area contributed by atoms with Gasteiger partial charge in [-0.1, -0.05) is 0 Å². The van der Waals surface area contributed by atoms with Crippen LogP contribution in [-0.2, 0) is 14.4 Å². The molecule has 0 unspecified atom stereocenters. The molecule has 2 heterocycles. The van der Waals surface area contributed by atoms with Crippen LogP contribution in [-0.4, -0.2) is 64.0 Å². The van der Waals surface area contributed by atoms with Crippen molar-refractivity contribution in [3.8, 4) is 0 Å². The minimum absolute atomic E-state index is 0.128. The van der Waals surface area contributed by atoms with Crippen LogP contribution in [0.3, 0.4) is 0 Å². The lowest BCUT2D eigenvalue weighted by molar-refractivity contribution is -0.187. The molecule has 21 heavy (non-hydrogen) atoms. The summed E-state index contributed by atoms with van der Waals surface area (Å²) in [5.41, 5.74) is 0. The molecule has 0 spiro atoms. The summed E-state index contributed by atoms with van der Waals surface area (Å²) in [5.74, 6) is -3.91. The molecule has 118 valence electrons. The van der Waals surface area contributed by atoms with Crippen LogP contribution in [0.4, 0.5) is 13.2 Å². The van der Waals surface area contributed by atoms with Gasteiger partial charge in [0.15, 0.2) is 0 Å². The molecule has 2 aliphatic rings. The van der Waals surface area contributed by atoms with E-state index in [0.717, 1.165) is 4.90 Å². The van der Waals surface area contributed by atoms with Crippen molar-refractivity contribution in [2.24, 2.45) is 0 Å². The molecule has 0 aliphatic carbocycles. The molecule has 0 bridgehead atoms. The summed E-state index contributed by atoms with van der Waals surface area (Å²) in [6.45, 7) is 0.0562. The van der Waals surface area contributed by atoms with E-state index in [-0.39, 0.29) is 25.9 Å². The van der Waals surface area contributed by atoms with Crippen molar-refractivity contribution in [2.75, 3.05) is 13.1 Å². The van der Waals surface area contributed by atoms with Crippen molar-refractivity contribution >= 4 is 17.8 Å². The van der Waals surface area contributed by atoms with Gasteiger partial charge in [-0.05, 0) is 25.7 Å². The zero-order chi connectivity index (χ0) is 15.8. The van der Waals surface area contributed by atoms with E-state index in [4.69, 9.17) is 5.11 Å². The second-order valence-electron chi connectivity index (χ2n) is 5.18. The van der Waals surface area contributed by atoms with E-state index < -0.39 is 36.0 Å². The Kier molecular flexibility index (Phi) is 4.11.